The van der Waals surface area contributed by atoms with Crippen LogP contribution in [0.2, 0.25) is 0 Å². The standard InChI is InChI=1S/C14H19NO/c1-11(13-5-3-2-4-6-13)9-15-10-12-7-14(16)8-12/h2-6,12,14-16H,1,7-10H2. The van der Waals surface area contributed by atoms with Crippen LogP contribution in [0.1, 0.15) is 18.4 Å². The zero-order chi connectivity index (χ0) is 11.4. The Balaban J connectivity index is 1.68. The summed E-state index contributed by atoms with van der Waals surface area (Å²) in [5.74, 6) is 0.651. The van der Waals surface area contributed by atoms with Gasteiger partial charge in [-0.3, -0.25) is 0 Å². The van der Waals surface area contributed by atoms with Crippen LogP contribution in [-0.4, -0.2) is 24.3 Å². The monoisotopic (exact) mass is 217 g/mol. The van der Waals surface area contributed by atoms with Crippen molar-refractivity contribution in [2.45, 2.75) is 18.9 Å². The van der Waals surface area contributed by atoms with Crippen molar-refractivity contribution in [1.29, 1.82) is 0 Å². The van der Waals surface area contributed by atoms with Crippen LogP contribution >= 0.6 is 0 Å². The van der Waals surface area contributed by atoms with Crippen LogP contribution in [0, 0.1) is 5.92 Å². The average molecular weight is 217 g/mol. The van der Waals surface area contributed by atoms with Crippen LogP contribution in [0.25, 0.3) is 5.57 Å². The molecule has 0 aliphatic heterocycles. The van der Waals surface area contributed by atoms with E-state index >= 15 is 0 Å². The van der Waals surface area contributed by atoms with Gasteiger partial charge in [0.2, 0.25) is 0 Å². The minimum atomic E-state index is -0.0517. The van der Waals surface area contributed by atoms with Gasteiger partial charge in [0.05, 0.1) is 6.10 Å². The minimum Gasteiger partial charge on any atom is -0.393 e. The first-order valence-electron chi connectivity index (χ1n) is 5.87. The molecule has 2 nitrogen and oxygen atoms in total. The van der Waals surface area contributed by atoms with E-state index in [4.69, 9.17) is 5.11 Å². The van der Waals surface area contributed by atoms with E-state index in [-0.39, 0.29) is 6.10 Å². The Kier molecular flexibility index (Phi) is 3.75. The number of benzene rings is 1. The Morgan fingerprint density at radius 3 is 2.62 bits per heavy atom. The molecular weight excluding hydrogens is 198 g/mol. The molecule has 0 heterocycles. The molecule has 1 aliphatic rings. The van der Waals surface area contributed by atoms with Crippen molar-refractivity contribution in [3.8, 4) is 0 Å². The molecule has 1 saturated carbocycles. The third-order valence-corrected chi connectivity index (χ3v) is 3.16. The number of aliphatic hydroxyl groups excluding tert-OH is 1. The molecule has 2 heteroatoms. The second-order valence-electron chi connectivity index (χ2n) is 4.59. The van der Waals surface area contributed by atoms with Gasteiger partial charge in [0.1, 0.15) is 0 Å². The molecule has 86 valence electrons. The first-order chi connectivity index (χ1) is 7.75. The van der Waals surface area contributed by atoms with E-state index in [9.17, 15) is 0 Å². The Morgan fingerprint density at radius 2 is 2.00 bits per heavy atom. The SMILES string of the molecule is C=C(CNCC1CC(O)C1)c1ccccc1. The summed E-state index contributed by atoms with van der Waals surface area (Å²) in [4.78, 5) is 0. The molecule has 2 N–H and O–H groups in total. The molecule has 0 atom stereocenters. The molecule has 0 amide bonds. The Bertz CT molecular complexity index is 341. The predicted molar refractivity (Wildman–Crippen MR) is 67.1 cm³/mol. The summed E-state index contributed by atoms with van der Waals surface area (Å²) in [6.45, 7) is 5.89. The smallest absolute Gasteiger partial charge is 0.0546 e. The second-order valence-corrected chi connectivity index (χ2v) is 4.59. The summed E-state index contributed by atoms with van der Waals surface area (Å²) in [7, 11) is 0. The average Bonchev–Trinajstić information content (AvgIpc) is 2.27. The zero-order valence-electron chi connectivity index (χ0n) is 9.52. The van der Waals surface area contributed by atoms with Crippen molar-refractivity contribution >= 4 is 5.57 Å². The van der Waals surface area contributed by atoms with Gasteiger partial charge < -0.3 is 10.4 Å². The van der Waals surface area contributed by atoms with Gasteiger partial charge in [-0.05, 0) is 36.4 Å². The van der Waals surface area contributed by atoms with Crippen LogP contribution in [0.5, 0.6) is 0 Å². The first kappa shape index (κ1) is 11.4. The van der Waals surface area contributed by atoms with E-state index in [2.05, 4.69) is 24.0 Å². The van der Waals surface area contributed by atoms with Crippen molar-refractivity contribution < 1.29 is 5.11 Å². The molecule has 0 spiro atoms. The van der Waals surface area contributed by atoms with Gasteiger partial charge in [-0.2, -0.15) is 0 Å². The van der Waals surface area contributed by atoms with Gasteiger partial charge in [0.15, 0.2) is 0 Å². The Hall–Kier alpha value is -1.12. The Morgan fingerprint density at radius 1 is 1.31 bits per heavy atom. The molecule has 1 aromatic carbocycles. The maximum atomic E-state index is 9.16. The second kappa shape index (κ2) is 5.28. The van der Waals surface area contributed by atoms with Crippen LogP contribution in [0.15, 0.2) is 36.9 Å². The van der Waals surface area contributed by atoms with Gasteiger partial charge in [-0.1, -0.05) is 36.9 Å². The van der Waals surface area contributed by atoms with E-state index in [1.165, 1.54) is 5.56 Å². The van der Waals surface area contributed by atoms with E-state index in [1.54, 1.807) is 0 Å². The molecule has 0 radical (unpaired) electrons. The molecule has 0 unspecified atom stereocenters. The summed E-state index contributed by atoms with van der Waals surface area (Å²) in [5.41, 5.74) is 2.32. The number of aliphatic hydroxyl groups is 1. The highest BCUT2D eigenvalue weighted by molar-refractivity contribution is 5.64. The predicted octanol–water partition coefficient (Wildman–Crippen LogP) is 2.06. The highest BCUT2D eigenvalue weighted by Gasteiger charge is 2.26. The molecule has 1 aliphatic carbocycles. The third-order valence-electron chi connectivity index (χ3n) is 3.16. The lowest BCUT2D eigenvalue weighted by molar-refractivity contribution is 0.0436. The summed E-state index contributed by atoms with van der Waals surface area (Å²) >= 11 is 0. The van der Waals surface area contributed by atoms with Crippen molar-refractivity contribution in [1.82, 2.24) is 5.32 Å². The minimum absolute atomic E-state index is 0.0517. The maximum absolute atomic E-state index is 9.16. The van der Waals surface area contributed by atoms with Crippen LogP contribution in [-0.2, 0) is 0 Å². The van der Waals surface area contributed by atoms with Gasteiger partial charge in [0.25, 0.3) is 0 Å². The fourth-order valence-corrected chi connectivity index (χ4v) is 2.07. The molecule has 0 saturated heterocycles. The van der Waals surface area contributed by atoms with Gasteiger partial charge in [-0.25, -0.2) is 0 Å². The van der Waals surface area contributed by atoms with Crippen molar-refractivity contribution in [3.05, 3.63) is 42.5 Å². The molecule has 1 aromatic rings. The number of hydrogen-bond acceptors (Lipinski definition) is 2. The van der Waals surface area contributed by atoms with Gasteiger partial charge in [-0.15, -0.1) is 0 Å². The summed E-state index contributed by atoms with van der Waals surface area (Å²) < 4.78 is 0. The first-order valence-corrected chi connectivity index (χ1v) is 5.87. The fraction of sp³-hybridized carbons (Fsp3) is 0.429. The van der Waals surface area contributed by atoms with Crippen molar-refractivity contribution in [3.63, 3.8) is 0 Å². The highest BCUT2D eigenvalue weighted by atomic mass is 16.3. The van der Waals surface area contributed by atoms with Crippen LogP contribution in [0.4, 0.5) is 0 Å². The van der Waals surface area contributed by atoms with E-state index in [1.807, 2.05) is 18.2 Å². The van der Waals surface area contributed by atoms with E-state index in [0.717, 1.165) is 31.5 Å². The number of rotatable bonds is 5. The van der Waals surface area contributed by atoms with Crippen molar-refractivity contribution in [2.24, 2.45) is 5.92 Å². The lowest BCUT2D eigenvalue weighted by Crippen LogP contribution is -2.36. The largest absolute Gasteiger partial charge is 0.393 e. The molecule has 0 aromatic heterocycles. The number of hydrogen-bond donors (Lipinski definition) is 2. The molecular formula is C14H19NO. The molecule has 2 rings (SSSR count). The van der Waals surface area contributed by atoms with Crippen LogP contribution in [0.3, 0.4) is 0 Å². The lowest BCUT2D eigenvalue weighted by Gasteiger charge is -2.31. The summed E-state index contributed by atoms with van der Waals surface area (Å²) in [6.07, 6.45) is 1.85. The fourth-order valence-electron chi connectivity index (χ4n) is 2.07. The maximum Gasteiger partial charge on any atom is 0.0546 e. The van der Waals surface area contributed by atoms with E-state index in [0.29, 0.717) is 5.92 Å². The van der Waals surface area contributed by atoms with Crippen LogP contribution < -0.4 is 5.32 Å². The quantitative estimate of drug-likeness (QED) is 0.791. The third kappa shape index (κ3) is 2.94. The normalized spacial score (nSPS) is 23.8. The molecule has 0 bridgehead atoms. The molecule has 16 heavy (non-hydrogen) atoms. The molecule has 1 fully saturated rings. The summed E-state index contributed by atoms with van der Waals surface area (Å²) in [6, 6.07) is 10.2. The number of nitrogens with one attached hydrogen (secondary N) is 1. The Labute approximate surface area is 97.0 Å². The van der Waals surface area contributed by atoms with E-state index < -0.39 is 0 Å². The van der Waals surface area contributed by atoms with Crippen molar-refractivity contribution in [2.75, 3.05) is 13.1 Å². The van der Waals surface area contributed by atoms with Gasteiger partial charge >= 0.3 is 0 Å². The highest BCUT2D eigenvalue weighted by Crippen LogP contribution is 2.26. The topological polar surface area (TPSA) is 32.3 Å². The zero-order valence-corrected chi connectivity index (χ0v) is 9.52. The lowest BCUT2D eigenvalue weighted by atomic mass is 9.82. The summed E-state index contributed by atoms with van der Waals surface area (Å²) in [5, 5.41) is 12.6. The van der Waals surface area contributed by atoms with Gasteiger partial charge in [0, 0.05) is 6.54 Å².